The number of fused-ring (bicyclic) bond motifs is 2. The number of hydrogen-bond acceptors (Lipinski definition) is 6. The summed E-state index contributed by atoms with van der Waals surface area (Å²) in [5.41, 5.74) is -1.00. The van der Waals surface area contributed by atoms with E-state index < -0.39 is 11.3 Å². The molecule has 98 valence electrons. The molecule has 4 aromatic rings. The molecule has 0 unspecified atom stereocenters. The molecule has 6 nitrogen and oxygen atoms in total. The molecule has 0 bridgehead atoms. The molecular formula is C14H6O6. The van der Waals surface area contributed by atoms with Crippen LogP contribution in [0.15, 0.2) is 64.0 Å². The topological polar surface area (TPSA) is 86.7 Å². The molecule has 0 atom stereocenters. The van der Waals surface area contributed by atoms with Crippen molar-refractivity contribution in [3.05, 3.63) is 57.6 Å². The average molecular weight is 270 g/mol. The third-order valence-electron chi connectivity index (χ3n) is 2.98. The van der Waals surface area contributed by atoms with Crippen LogP contribution in [-0.2, 0) is 0 Å². The molecular weight excluding hydrogens is 264 g/mol. The summed E-state index contributed by atoms with van der Waals surface area (Å²) >= 11 is 0. The minimum Gasteiger partial charge on any atom is -0.457 e. The molecule has 6 heteroatoms. The Kier molecular flexibility index (Phi) is 2.03. The quantitative estimate of drug-likeness (QED) is 0.528. The van der Waals surface area contributed by atoms with Crippen molar-refractivity contribution in [2.24, 2.45) is 0 Å². The Labute approximate surface area is 109 Å². The minimum absolute atomic E-state index is 0.125. The van der Waals surface area contributed by atoms with Crippen LogP contribution in [0.3, 0.4) is 0 Å². The fraction of sp³-hybridized carbons (Fsp3) is 0. The largest absolute Gasteiger partial charge is 0.457 e. The monoisotopic (exact) mass is 270 g/mol. The van der Waals surface area contributed by atoms with Crippen molar-refractivity contribution in [1.29, 1.82) is 0 Å². The van der Waals surface area contributed by atoms with Gasteiger partial charge in [0.1, 0.15) is 0 Å². The summed E-state index contributed by atoms with van der Waals surface area (Å²) in [5.74, 6) is 0.313. The Morgan fingerprint density at radius 2 is 1.15 bits per heavy atom. The van der Waals surface area contributed by atoms with E-state index in [4.69, 9.17) is 17.7 Å². The first kappa shape index (κ1) is 10.9. The maximum absolute atomic E-state index is 11.7. The summed E-state index contributed by atoms with van der Waals surface area (Å²) in [4.78, 5) is 23.5. The third kappa shape index (κ3) is 1.45. The normalized spacial score (nSPS) is 11.4. The lowest BCUT2D eigenvalue weighted by Gasteiger charge is -1.98. The number of rotatable bonds is 1. The summed E-state index contributed by atoms with van der Waals surface area (Å²) < 4.78 is 20.2. The van der Waals surface area contributed by atoms with Gasteiger partial charge in [0.2, 0.25) is 11.2 Å². The molecule has 0 N–H and O–H groups in total. The molecule has 4 rings (SSSR count). The lowest BCUT2D eigenvalue weighted by atomic mass is 10.2. The van der Waals surface area contributed by atoms with Crippen molar-refractivity contribution in [2.45, 2.75) is 0 Å². The van der Waals surface area contributed by atoms with Crippen molar-refractivity contribution in [1.82, 2.24) is 0 Å². The smallest absolute Gasteiger partial charge is 0.380 e. The van der Waals surface area contributed by atoms with Crippen LogP contribution < -0.4 is 11.3 Å². The van der Waals surface area contributed by atoms with E-state index in [0.29, 0.717) is 10.8 Å². The predicted octanol–water partition coefficient (Wildman–Crippen LogP) is 2.75. The van der Waals surface area contributed by atoms with Gasteiger partial charge in [-0.2, -0.15) is 0 Å². The van der Waals surface area contributed by atoms with Crippen molar-refractivity contribution >= 4 is 21.9 Å². The lowest BCUT2D eigenvalue weighted by Crippen LogP contribution is -2.01. The van der Waals surface area contributed by atoms with Crippen molar-refractivity contribution in [2.75, 3.05) is 0 Å². The molecule has 4 heterocycles. The van der Waals surface area contributed by atoms with Crippen LogP contribution >= 0.6 is 0 Å². The van der Waals surface area contributed by atoms with E-state index in [0.717, 1.165) is 0 Å². The van der Waals surface area contributed by atoms with Crippen LogP contribution in [0.5, 0.6) is 0 Å². The highest BCUT2D eigenvalue weighted by molar-refractivity contribution is 5.82. The summed E-state index contributed by atoms with van der Waals surface area (Å²) in [6, 6.07) is 6.41. The molecule has 0 spiro atoms. The Bertz CT molecular complexity index is 957. The standard InChI is InChI=1S/C14H6O6/c15-13-11-7(1-3-17-11)5-9(19-13)10-6-8-2-4-18-12(8)14(16)20-10/h1-6H. The van der Waals surface area contributed by atoms with Crippen LogP contribution in [0, 0.1) is 0 Å². The van der Waals surface area contributed by atoms with Crippen LogP contribution in [0.2, 0.25) is 0 Å². The van der Waals surface area contributed by atoms with Crippen LogP contribution in [0.25, 0.3) is 33.5 Å². The highest BCUT2D eigenvalue weighted by Gasteiger charge is 2.14. The van der Waals surface area contributed by atoms with Crippen LogP contribution in [-0.4, -0.2) is 0 Å². The van der Waals surface area contributed by atoms with E-state index in [1.54, 1.807) is 24.3 Å². The van der Waals surface area contributed by atoms with Gasteiger partial charge in [0, 0.05) is 10.8 Å². The van der Waals surface area contributed by atoms with E-state index in [9.17, 15) is 9.59 Å². The van der Waals surface area contributed by atoms with Gasteiger partial charge in [-0.3, -0.25) is 0 Å². The molecule has 0 saturated carbocycles. The Morgan fingerprint density at radius 1 is 0.700 bits per heavy atom. The van der Waals surface area contributed by atoms with E-state index in [2.05, 4.69) is 0 Å². The van der Waals surface area contributed by atoms with Gasteiger partial charge in [-0.05, 0) is 24.3 Å². The van der Waals surface area contributed by atoms with Gasteiger partial charge in [0.25, 0.3) is 0 Å². The molecule has 4 aromatic heterocycles. The number of furan rings is 2. The predicted molar refractivity (Wildman–Crippen MR) is 68.5 cm³/mol. The van der Waals surface area contributed by atoms with E-state index in [1.807, 2.05) is 0 Å². The fourth-order valence-corrected chi connectivity index (χ4v) is 2.07. The molecule has 0 aromatic carbocycles. The second kappa shape index (κ2) is 3.74. The number of hydrogen-bond donors (Lipinski definition) is 0. The van der Waals surface area contributed by atoms with E-state index >= 15 is 0 Å². The Morgan fingerprint density at radius 3 is 1.60 bits per heavy atom. The lowest BCUT2D eigenvalue weighted by molar-refractivity contribution is 0.461. The van der Waals surface area contributed by atoms with Gasteiger partial charge in [0.15, 0.2) is 11.5 Å². The zero-order chi connectivity index (χ0) is 13.7. The first-order chi connectivity index (χ1) is 9.72. The summed E-state index contributed by atoms with van der Waals surface area (Å²) in [7, 11) is 0. The summed E-state index contributed by atoms with van der Waals surface area (Å²) in [6.45, 7) is 0. The highest BCUT2D eigenvalue weighted by Crippen LogP contribution is 2.24. The zero-order valence-corrected chi connectivity index (χ0v) is 9.91. The molecule has 0 fully saturated rings. The van der Waals surface area contributed by atoms with Crippen molar-refractivity contribution in [3.8, 4) is 11.5 Å². The summed E-state index contributed by atoms with van der Waals surface area (Å²) in [6.07, 6.45) is 2.78. The highest BCUT2D eigenvalue weighted by atomic mass is 16.4. The second-order valence-corrected chi connectivity index (χ2v) is 4.21. The maximum Gasteiger partial charge on any atom is 0.380 e. The third-order valence-corrected chi connectivity index (χ3v) is 2.98. The second-order valence-electron chi connectivity index (χ2n) is 4.21. The molecule has 20 heavy (non-hydrogen) atoms. The minimum atomic E-state index is -0.627. The zero-order valence-electron chi connectivity index (χ0n) is 9.91. The van der Waals surface area contributed by atoms with E-state index in [-0.39, 0.29) is 22.7 Å². The molecule has 0 saturated heterocycles. The van der Waals surface area contributed by atoms with E-state index in [1.165, 1.54) is 12.5 Å². The Balaban J connectivity index is 2.05. The van der Waals surface area contributed by atoms with Crippen molar-refractivity contribution in [3.63, 3.8) is 0 Å². The van der Waals surface area contributed by atoms with Gasteiger partial charge >= 0.3 is 11.3 Å². The molecule has 0 aliphatic carbocycles. The maximum atomic E-state index is 11.7. The molecule has 0 radical (unpaired) electrons. The first-order valence-corrected chi connectivity index (χ1v) is 5.75. The summed E-state index contributed by atoms with van der Waals surface area (Å²) in [5, 5.41) is 1.15. The molecule has 0 aliphatic rings. The van der Waals surface area contributed by atoms with Crippen LogP contribution in [0.1, 0.15) is 0 Å². The first-order valence-electron chi connectivity index (χ1n) is 5.75. The fourth-order valence-electron chi connectivity index (χ4n) is 2.07. The van der Waals surface area contributed by atoms with Crippen LogP contribution in [0.4, 0.5) is 0 Å². The van der Waals surface area contributed by atoms with Gasteiger partial charge in [-0.1, -0.05) is 0 Å². The molecule has 0 aliphatic heterocycles. The van der Waals surface area contributed by atoms with Gasteiger partial charge < -0.3 is 17.7 Å². The van der Waals surface area contributed by atoms with Gasteiger partial charge in [0.05, 0.1) is 12.5 Å². The Hall–Kier alpha value is -3.02. The van der Waals surface area contributed by atoms with Gasteiger partial charge in [-0.15, -0.1) is 0 Å². The molecule has 0 amide bonds. The van der Waals surface area contributed by atoms with Crippen molar-refractivity contribution < 1.29 is 17.7 Å². The SMILES string of the molecule is O=c1oc(-c2cc3ccoc3c(=O)o2)cc2ccoc12. The van der Waals surface area contributed by atoms with Gasteiger partial charge in [-0.25, -0.2) is 9.59 Å². The average Bonchev–Trinajstić information content (AvgIpc) is 3.06.